The van der Waals surface area contributed by atoms with E-state index in [4.69, 9.17) is 5.11 Å². The number of aliphatic hydroxyl groups is 1. The van der Waals surface area contributed by atoms with E-state index in [1.54, 1.807) is 6.92 Å². The Morgan fingerprint density at radius 1 is 1.31 bits per heavy atom. The van der Waals surface area contributed by atoms with Crippen molar-refractivity contribution in [2.45, 2.75) is 65.4 Å². The molecule has 96 valence electrons. The van der Waals surface area contributed by atoms with E-state index in [2.05, 4.69) is 13.8 Å². The minimum absolute atomic E-state index is 0.493. The maximum Gasteiger partial charge on any atom is 0.309 e. The van der Waals surface area contributed by atoms with Crippen molar-refractivity contribution in [1.29, 1.82) is 0 Å². The van der Waals surface area contributed by atoms with E-state index in [1.807, 2.05) is 6.92 Å². The normalized spacial score (nSPS) is 17.1. The van der Waals surface area contributed by atoms with Crippen LogP contribution in [0.3, 0.4) is 0 Å². The van der Waals surface area contributed by atoms with Crippen molar-refractivity contribution in [3.63, 3.8) is 0 Å². The second-order valence-electron chi connectivity index (χ2n) is 5.32. The topological polar surface area (TPSA) is 57.5 Å². The molecular formula is C13H26O3. The van der Waals surface area contributed by atoms with E-state index in [-0.39, 0.29) is 0 Å². The lowest BCUT2D eigenvalue weighted by atomic mass is 9.80. The average Bonchev–Trinajstić information content (AvgIpc) is 2.14. The van der Waals surface area contributed by atoms with Gasteiger partial charge in [-0.1, -0.05) is 33.6 Å². The molecule has 0 saturated heterocycles. The number of unbranched alkanes of at least 4 members (excludes halogenated alkanes) is 1. The molecule has 2 atom stereocenters. The van der Waals surface area contributed by atoms with Crippen molar-refractivity contribution in [2.75, 3.05) is 0 Å². The van der Waals surface area contributed by atoms with Crippen LogP contribution in [0.15, 0.2) is 0 Å². The lowest BCUT2D eigenvalue weighted by Gasteiger charge is -2.30. The minimum atomic E-state index is -1.08. The van der Waals surface area contributed by atoms with Crippen molar-refractivity contribution < 1.29 is 15.0 Å². The molecule has 3 heteroatoms. The van der Waals surface area contributed by atoms with Crippen LogP contribution in [0.5, 0.6) is 0 Å². The largest absolute Gasteiger partial charge is 0.481 e. The minimum Gasteiger partial charge on any atom is -0.481 e. The second-order valence-corrected chi connectivity index (χ2v) is 5.32. The lowest BCUT2D eigenvalue weighted by Crippen LogP contribution is -2.40. The summed E-state index contributed by atoms with van der Waals surface area (Å²) in [5.41, 5.74) is -1.08. The van der Waals surface area contributed by atoms with Gasteiger partial charge in [0.2, 0.25) is 0 Å². The highest BCUT2D eigenvalue weighted by atomic mass is 16.4. The highest BCUT2D eigenvalue weighted by Gasteiger charge is 2.36. The van der Waals surface area contributed by atoms with Gasteiger partial charge < -0.3 is 10.2 Å². The summed E-state index contributed by atoms with van der Waals surface area (Å²) in [7, 11) is 0. The Morgan fingerprint density at radius 3 is 2.25 bits per heavy atom. The SMILES string of the molecule is CCCCC(C(=O)O)C(C)(O)CCC(C)C. The van der Waals surface area contributed by atoms with Crippen LogP contribution in [0, 0.1) is 11.8 Å². The van der Waals surface area contributed by atoms with Crippen LogP contribution in [0.2, 0.25) is 0 Å². The zero-order chi connectivity index (χ0) is 12.8. The molecule has 0 radical (unpaired) electrons. The van der Waals surface area contributed by atoms with Gasteiger partial charge in [0, 0.05) is 0 Å². The lowest BCUT2D eigenvalue weighted by molar-refractivity contribution is -0.152. The van der Waals surface area contributed by atoms with Crippen molar-refractivity contribution in [2.24, 2.45) is 11.8 Å². The Bertz CT molecular complexity index is 209. The van der Waals surface area contributed by atoms with Gasteiger partial charge in [0.15, 0.2) is 0 Å². The van der Waals surface area contributed by atoms with Crippen LogP contribution >= 0.6 is 0 Å². The first-order valence-electron chi connectivity index (χ1n) is 6.26. The maximum atomic E-state index is 11.1. The predicted molar refractivity (Wildman–Crippen MR) is 65.3 cm³/mol. The predicted octanol–water partition coefficient (Wildman–Crippen LogP) is 3.06. The Hall–Kier alpha value is -0.570. The molecule has 0 aliphatic heterocycles. The van der Waals surface area contributed by atoms with Gasteiger partial charge in [-0.2, -0.15) is 0 Å². The van der Waals surface area contributed by atoms with Gasteiger partial charge in [0.1, 0.15) is 0 Å². The molecule has 0 aromatic heterocycles. The molecule has 0 rings (SSSR count). The van der Waals surface area contributed by atoms with Crippen LogP contribution in [-0.4, -0.2) is 21.8 Å². The Balaban J connectivity index is 4.42. The Morgan fingerprint density at radius 2 is 1.88 bits per heavy atom. The first-order chi connectivity index (χ1) is 7.31. The summed E-state index contributed by atoms with van der Waals surface area (Å²) in [5.74, 6) is -1.01. The summed E-state index contributed by atoms with van der Waals surface area (Å²) in [6.07, 6.45) is 3.81. The molecule has 0 amide bonds. The number of rotatable bonds is 8. The molecule has 0 aromatic rings. The van der Waals surface area contributed by atoms with E-state index in [1.165, 1.54) is 0 Å². The molecule has 0 spiro atoms. The number of carboxylic acid groups (broad SMARTS) is 1. The number of carboxylic acids is 1. The summed E-state index contributed by atoms with van der Waals surface area (Å²) in [6, 6.07) is 0. The highest BCUT2D eigenvalue weighted by molar-refractivity contribution is 5.71. The number of hydrogen-bond donors (Lipinski definition) is 2. The molecule has 0 saturated carbocycles. The third-order valence-corrected chi connectivity index (χ3v) is 3.12. The smallest absolute Gasteiger partial charge is 0.309 e. The van der Waals surface area contributed by atoms with Gasteiger partial charge in [0.25, 0.3) is 0 Å². The summed E-state index contributed by atoms with van der Waals surface area (Å²) in [4.78, 5) is 11.1. The Kier molecular flexibility index (Phi) is 6.65. The standard InChI is InChI=1S/C13H26O3/c1-5-6-7-11(12(14)15)13(4,16)9-8-10(2)3/h10-11,16H,5-9H2,1-4H3,(H,14,15). The first-order valence-corrected chi connectivity index (χ1v) is 6.26. The molecule has 2 N–H and O–H groups in total. The summed E-state index contributed by atoms with van der Waals surface area (Å²) in [5, 5.41) is 19.4. The molecule has 2 unspecified atom stereocenters. The van der Waals surface area contributed by atoms with Gasteiger partial charge in [-0.05, 0) is 32.1 Å². The molecular weight excluding hydrogens is 204 g/mol. The van der Waals surface area contributed by atoms with E-state index in [0.29, 0.717) is 18.8 Å². The number of hydrogen-bond acceptors (Lipinski definition) is 2. The van der Waals surface area contributed by atoms with Gasteiger partial charge in [-0.25, -0.2) is 0 Å². The summed E-state index contributed by atoms with van der Waals surface area (Å²) < 4.78 is 0. The first kappa shape index (κ1) is 15.4. The van der Waals surface area contributed by atoms with Crippen LogP contribution < -0.4 is 0 Å². The third kappa shape index (κ3) is 5.50. The van der Waals surface area contributed by atoms with Crippen LogP contribution in [0.25, 0.3) is 0 Å². The van der Waals surface area contributed by atoms with E-state index in [9.17, 15) is 9.90 Å². The quantitative estimate of drug-likeness (QED) is 0.673. The molecule has 16 heavy (non-hydrogen) atoms. The molecule has 3 nitrogen and oxygen atoms in total. The fourth-order valence-electron chi connectivity index (χ4n) is 1.86. The van der Waals surface area contributed by atoms with Crippen LogP contribution in [-0.2, 0) is 4.79 Å². The van der Waals surface area contributed by atoms with Crippen molar-refractivity contribution in [3.05, 3.63) is 0 Å². The third-order valence-electron chi connectivity index (χ3n) is 3.12. The highest BCUT2D eigenvalue weighted by Crippen LogP contribution is 2.29. The Labute approximate surface area is 98.9 Å². The fraction of sp³-hybridized carbons (Fsp3) is 0.923. The molecule has 0 heterocycles. The fourth-order valence-corrected chi connectivity index (χ4v) is 1.86. The van der Waals surface area contributed by atoms with Gasteiger partial charge in [0.05, 0.1) is 11.5 Å². The van der Waals surface area contributed by atoms with Gasteiger partial charge >= 0.3 is 5.97 Å². The maximum absolute atomic E-state index is 11.1. The monoisotopic (exact) mass is 230 g/mol. The van der Waals surface area contributed by atoms with Crippen molar-refractivity contribution >= 4 is 5.97 Å². The summed E-state index contributed by atoms with van der Waals surface area (Å²) in [6.45, 7) is 7.85. The van der Waals surface area contributed by atoms with Crippen LogP contribution in [0.4, 0.5) is 0 Å². The van der Waals surface area contributed by atoms with Crippen LogP contribution in [0.1, 0.15) is 59.8 Å². The van der Waals surface area contributed by atoms with E-state index >= 15 is 0 Å². The van der Waals surface area contributed by atoms with E-state index in [0.717, 1.165) is 19.3 Å². The molecule has 0 aromatic carbocycles. The second kappa shape index (κ2) is 6.89. The molecule has 0 bridgehead atoms. The molecule has 0 aliphatic carbocycles. The average molecular weight is 230 g/mol. The number of aliphatic carboxylic acids is 1. The van der Waals surface area contributed by atoms with Gasteiger partial charge in [-0.3, -0.25) is 4.79 Å². The van der Waals surface area contributed by atoms with E-state index < -0.39 is 17.5 Å². The van der Waals surface area contributed by atoms with Gasteiger partial charge in [-0.15, -0.1) is 0 Å². The number of carbonyl (C=O) groups is 1. The zero-order valence-corrected chi connectivity index (χ0v) is 11.0. The molecule has 0 aliphatic rings. The zero-order valence-electron chi connectivity index (χ0n) is 11.0. The molecule has 0 fully saturated rings. The van der Waals surface area contributed by atoms with Crippen molar-refractivity contribution in [1.82, 2.24) is 0 Å². The van der Waals surface area contributed by atoms with Crippen molar-refractivity contribution in [3.8, 4) is 0 Å². The summed E-state index contributed by atoms with van der Waals surface area (Å²) >= 11 is 0.